The topological polar surface area (TPSA) is 56.8 Å². The van der Waals surface area contributed by atoms with Crippen molar-refractivity contribution < 1.29 is 14.6 Å². The Morgan fingerprint density at radius 1 is 1.29 bits per heavy atom. The molecule has 5 heteroatoms. The van der Waals surface area contributed by atoms with Gasteiger partial charge in [0, 0.05) is 24.3 Å². The lowest BCUT2D eigenvalue weighted by atomic mass is 9.92. The van der Waals surface area contributed by atoms with Crippen molar-refractivity contribution in [1.82, 2.24) is 0 Å². The zero-order valence-electron chi connectivity index (χ0n) is 12.9. The summed E-state index contributed by atoms with van der Waals surface area (Å²) in [5, 5.41) is 10.9. The molecule has 1 aromatic carbocycles. The van der Waals surface area contributed by atoms with Crippen molar-refractivity contribution in [2.45, 2.75) is 26.7 Å². The average molecular weight is 293 g/mol. The van der Waals surface area contributed by atoms with Crippen LogP contribution >= 0.6 is 0 Å². The molecule has 0 spiro atoms. The quantitative estimate of drug-likeness (QED) is 0.495. The second kappa shape index (κ2) is 7.41. The molecule has 1 heterocycles. The van der Waals surface area contributed by atoms with Gasteiger partial charge < -0.3 is 9.64 Å². The maximum atomic E-state index is 10.9. The molecule has 21 heavy (non-hydrogen) atoms. The molecule has 1 aliphatic rings. The van der Waals surface area contributed by atoms with Gasteiger partial charge in [-0.15, -0.1) is 0 Å². The SMILES string of the molecule is C[C@@H]1C[C@@H](C)C[NH+](CCCOc2ccccc2[N+](=O)[O-])C1. The smallest absolute Gasteiger partial charge is 0.310 e. The van der Waals surface area contributed by atoms with Gasteiger partial charge in [0.15, 0.2) is 5.75 Å². The number of nitro benzene ring substituents is 1. The number of quaternary nitrogens is 1. The third-order valence-electron chi connectivity index (χ3n) is 4.07. The van der Waals surface area contributed by atoms with Gasteiger partial charge in [-0.05, 0) is 12.5 Å². The Bertz CT molecular complexity index is 468. The standard InChI is InChI=1S/C16H24N2O3/c1-13-10-14(2)12-17(11-13)8-5-9-21-16-7-4-3-6-15(16)18(19)20/h3-4,6-7,13-14H,5,8-12H2,1-2H3/p+1/t13-,14-/m1/s1. The van der Waals surface area contributed by atoms with Crippen molar-refractivity contribution >= 4 is 5.69 Å². The minimum atomic E-state index is -0.394. The van der Waals surface area contributed by atoms with Gasteiger partial charge in [0.25, 0.3) is 0 Å². The number of nitrogens with zero attached hydrogens (tertiary/aromatic N) is 1. The van der Waals surface area contributed by atoms with E-state index < -0.39 is 4.92 Å². The van der Waals surface area contributed by atoms with E-state index in [0.29, 0.717) is 12.4 Å². The van der Waals surface area contributed by atoms with Gasteiger partial charge in [-0.25, -0.2) is 0 Å². The van der Waals surface area contributed by atoms with Crippen LogP contribution in [-0.4, -0.2) is 31.2 Å². The normalized spacial score (nSPS) is 25.5. The van der Waals surface area contributed by atoms with Gasteiger partial charge in [0.2, 0.25) is 0 Å². The second-order valence-electron chi connectivity index (χ2n) is 6.28. The molecule has 0 radical (unpaired) electrons. The molecular formula is C16H25N2O3+. The molecule has 0 bridgehead atoms. The molecule has 1 aliphatic heterocycles. The Kier molecular flexibility index (Phi) is 5.56. The highest BCUT2D eigenvalue weighted by molar-refractivity contribution is 5.45. The van der Waals surface area contributed by atoms with Crippen molar-refractivity contribution in [2.75, 3.05) is 26.2 Å². The van der Waals surface area contributed by atoms with E-state index in [9.17, 15) is 10.1 Å². The van der Waals surface area contributed by atoms with Crippen LogP contribution in [0.15, 0.2) is 24.3 Å². The number of nitro groups is 1. The first-order chi connectivity index (χ1) is 10.1. The number of rotatable bonds is 6. The van der Waals surface area contributed by atoms with E-state index in [-0.39, 0.29) is 5.69 Å². The van der Waals surface area contributed by atoms with Gasteiger partial charge in [0.05, 0.1) is 31.2 Å². The molecule has 0 saturated carbocycles. The van der Waals surface area contributed by atoms with Crippen LogP contribution in [0, 0.1) is 22.0 Å². The van der Waals surface area contributed by atoms with Crippen molar-refractivity contribution in [3.8, 4) is 5.75 Å². The van der Waals surface area contributed by atoms with Crippen molar-refractivity contribution in [3.05, 3.63) is 34.4 Å². The van der Waals surface area contributed by atoms with E-state index in [0.717, 1.165) is 24.8 Å². The largest absolute Gasteiger partial charge is 0.487 e. The fourth-order valence-corrected chi connectivity index (χ4v) is 3.36. The van der Waals surface area contributed by atoms with E-state index in [2.05, 4.69) is 13.8 Å². The summed E-state index contributed by atoms with van der Waals surface area (Å²) in [6.45, 7) is 8.72. The highest BCUT2D eigenvalue weighted by atomic mass is 16.6. The highest BCUT2D eigenvalue weighted by Crippen LogP contribution is 2.25. The summed E-state index contributed by atoms with van der Waals surface area (Å²) in [4.78, 5) is 12.1. The van der Waals surface area contributed by atoms with Gasteiger partial charge >= 0.3 is 5.69 Å². The minimum absolute atomic E-state index is 0.0464. The number of likely N-dealkylation sites (tertiary alicyclic amines) is 1. The fourth-order valence-electron chi connectivity index (χ4n) is 3.36. The van der Waals surface area contributed by atoms with Crippen LogP contribution in [0.4, 0.5) is 5.69 Å². The van der Waals surface area contributed by atoms with Gasteiger partial charge in [-0.2, -0.15) is 0 Å². The molecule has 116 valence electrons. The first kappa shape index (κ1) is 15.8. The predicted octanol–water partition coefficient (Wildman–Crippen LogP) is 1.92. The number of nitrogens with one attached hydrogen (secondary N) is 1. The van der Waals surface area contributed by atoms with Crippen LogP contribution < -0.4 is 9.64 Å². The van der Waals surface area contributed by atoms with Crippen LogP contribution in [0.25, 0.3) is 0 Å². The predicted molar refractivity (Wildman–Crippen MR) is 81.7 cm³/mol. The Balaban J connectivity index is 1.76. The van der Waals surface area contributed by atoms with Crippen LogP contribution in [0.5, 0.6) is 5.75 Å². The molecule has 0 aromatic heterocycles. The maximum Gasteiger partial charge on any atom is 0.310 e. The minimum Gasteiger partial charge on any atom is -0.487 e. The Hall–Kier alpha value is -1.62. The second-order valence-corrected chi connectivity index (χ2v) is 6.28. The van der Waals surface area contributed by atoms with E-state index in [1.165, 1.54) is 25.6 Å². The lowest BCUT2D eigenvalue weighted by molar-refractivity contribution is -0.912. The molecule has 1 fully saturated rings. The molecule has 2 rings (SSSR count). The summed E-state index contributed by atoms with van der Waals surface area (Å²) < 4.78 is 5.59. The van der Waals surface area contributed by atoms with E-state index in [1.807, 2.05) is 0 Å². The van der Waals surface area contributed by atoms with Crippen molar-refractivity contribution in [1.29, 1.82) is 0 Å². The average Bonchev–Trinajstić information content (AvgIpc) is 2.43. The molecule has 1 aromatic rings. The third-order valence-corrected chi connectivity index (χ3v) is 4.07. The van der Waals surface area contributed by atoms with Crippen LogP contribution in [0.2, 0.25) is 0 Å². The molecular weight excluding hydrogens is 268 g/mol. The monoisotopic (exact) mass is 293 g/mol. The zero-order chi connectivity index (χ0) is 15.2. The first-order valence-electron chi connectivity index (χ1n) is 7.76. The summed E-state index contributed by atoms with van der Waals surface area (Å²) in [6, 6.07) is 6.57. The Morgan fingerprint density at radius 2 is 1.95 bits per heavy atom. The van der Waals surface area contributed by atoms with Gasteiger partial charge in [-0.1, -0.05) is 26.0 Å². The van der Waals surface area contributed by atoms with E-state index in [4.69, 9.17) is 4.74 Å². The summed E-state index contributed by atoms with van der Waals surface area (Å²) in [5.74, 6) is 1.96. The summed E-state index contributed by atoms with van der Waals surface area (Å²) in [7, 11) is 0. The summed E-state index contributed by atoms with van der Waals surface area (Å²) >= 11 is 0. The number of para-hydroxylation sites is 2. The fraction of sp³-hybridized carbons (Fsp3) is 0.625. The van der Waals surface area contributed by atoms with Crippen LogP contribution in [0.3, 0.4) is 0 Å². The number of piperidine rings is 1. The molecule has 0 aliphatic carbocycles. The Labute approximate surface area is 126 Å². The molecule has 0 amide bonds. The molecule has 0 unspecified atom stereocenters. The molecule has 2 atom stereocenters. The van der Waals surface area contributed by atoms with E-state index >= 15 is 0 Å². The lowest BCUT2D eigenvalue weighted by Crippen LogP contribution is -3.14. The summed E-state index contributed by atoms with van der Waals surface area (Å²) in [6.07, 6.45) is 2.26. The molecule has 5 nitrogen and oxygen atoms in total. The van der Waals surface area contributed by atoms with Crippen molar-refractivity contribution in [3.63, 3.8) is 0 Å². The summed E-state index contributed by atoms with van der Waals surface area (Å²) in [5.41, 5.74) is 0.0464. The zero-order valence-corrected chi connectivity index (χ0v) is 12.9. The van der Waals surface area contributed by atoms with Gasteiger partial charge in [-0.3, -0.25) is 10.1 Å². The molecule has 1 N–H and O–H groups in total. The number of hydrogen-bond donors (Lipinski definition) is 1. The van der Waals surface area contributed by atoms with Crippen molar-refractivity contribution in [2.24, 2.45) is 11.8 Å². The van der Waals surface area contributed by atoms with Crippen LogP contribution in [-0.2, 0) is 0 Å². The van der Waals surface area contributed by atoms with Crippen LogP contribution in [0.1, 0.15) is 26.7 Å². The maximum absolute atomic E-state index is 10.9. The number of benzene rings is 1. The van der Waals surface area contributed by atoms with E-state index in [1.54, 1.807) is 23.1 Å². The number of hydrogen-bond acceptors (Lipinski definition) is 3. The number of ether oxygens (including phenoxy) is 1. The van der Waals surface area contributed by atoms with Gasteiger partial charge in [0.1, 0.15) is 0 Å². The first-order valence-corrected chi connectivity index (χ1v) is 7.76. The third kappa shape index (κ3) is 4.70. The lowest BCUT2D eigenvalue weighted by Gasteiger charge is -2.31. The highest BCUT2D eigenvalue weighted by Gasteiger charge is 2.24. The molecule has 1 saturated heterocycles. The Morgan fingerprint density at radius 3 is 2.62 bits per heavy atom.